The molecule has 0 amide bonds. The van der Waals surface area contributed by atoms with Crippen LogP contribution in [-0.4, -0.2) is 13.2 Å². The Balaban J connectivity index is 2.64. The summed E-state index contributed by atoms with van der Waals surface area (Å²) in [6.45, 7) is 4.43. The molecule has 2 nitrogen and oxygen atoms in total. The van der Waals surface area contributed by atoms with Gasteiger partial charge in [-0.2, -0.15) is 0 Å². The maximum atomic E-state index is 5.21. The number of ether oxygens (including phenoxy) is 1. The van der Waals surface area contributed by atoms with E-state index in [1.165, 1.54) is 19.3 Å². The van der Waals surface area contributed by atoms with Crippen molar-refractivity contribution in [3.8, 4) is 5.75 Å². The Morgan fingerprint density at radius 3 is 2.81 bits per heavy atom. The highest BCUT2D eigenvalue weighted by Crippen LogP contribution is 2.28. The number of hydrogen-bond acceptors (Lipinski definition) is 2. The average molecular weight is 286 g/mol. The van der Waals surface area contributed by atoms with Gasteiger partial charge in [0.1, 0.15) is 5.75 Å². The Morgan fingerprint density at radius 2 is 2.19 bits per heavy atom. The number of benzene rings is 1. The topological polar surface area (TPSA) is 21.3 Å². The van der Waals surface area contributed by atoms with Crippen molar-refractivity contribution in [1.29, 1.82) is 0 Å². The van der Waals surface area contributed by atoms with Crippen LogP contribution in [0, 0.1) is 0 Å². The van der Waals surface area contributed by atoms with Crippen molar-refractivity contribution in [3.05, 3.63) is 22.7 Å². The molecule has 0 saturated carbocycles. The number of rotatable bonds is 6. The van der Waals surface area contributed by atoms with Crippen LogP contribution in [0.5, 0.6) is 5.75 Å². The van der Waals surface area contributed by atoms with Crippen molar-refractivity contribution in [2.45, 2.75) is 39.2 Å². The summed E-state index contributed by atoms with van der Waals surface area (Å²) in [5.41, 5.74) is 1.10. The summed E-state index contributed by atoms with van der Waals surface area (Å²) in [6.07, 6.45) is 3.70. The molecule has 0 aliphatic heterocycles. The van der Waals surface area contributed by atoms with Crippen molar-refractivity contribution >= 4 is 21.6 Å². The fourth-order valence-electron chi connectivity index (χ4n) is 1.59. The molecule has 0 radical (unpaired) electrons. The molecule has 0 bridgehead atoms. The molecule has 1 N–H and O–H groups in total. The molecule has 0 aliphatic rings. The van der Waals surface area contributed by atoms with E-state index in [4.69, 9.17) is 4.74 Å². The van der Waals surface area contributed by atoms with Crippen LogP contribution in [0.15, 0.2) is 22.7 Å². The average Bonchev–Trinajstić information content (AvgIpc) is 2.29. The number of nitrogens with one attached hydrogen (secondary N) is 1. The molecule has 1 aromatic carbocycles. The molecule has 0 aliphatic carbocycles. The smallest absolute Gasteiger partial charge is 0.121 e. The third-order valence-corrected chi connectivity index (χ3v) is 3.26. The molecule has 0 heterocycles. The Morgan fingerprint density at radius 1 is 1.44 bits per heavy atom. The van der Waals surface area contributed by atoms with E-state index in [1.54, 1.807) is 7.11 Å². The van der Waals surface area contributed by atoms with Gasteiger partial charge < -0.3 is 10.1 Å². The quantitative estimate of drug-likeness (QED) is 0.834. The normalized spacial score (nSPS) is 12.2. The van der Waals surface area contributed by atoms with Gasteiger partial charge in [-0.05, 0) is 41.4 Å². The van der Waals surface area contributed by atoms with E-state index in [0.29, 0.717) is 6.04 Å². The monoisotopic (exact) mass is 285 g/mol. The summed E-state index contributed by atoms with van der Waals surface area (Å²) in [5.74, 6) is 0.883. The zero-order valence-electron chi connectivity index (χ0n) is 10.2. The van der Waals surface area contributed by atoms with Gasteiger partial charge in [0, 0.05) is 16.6 Å². The number of halogens is 1. The van der Waals surface area contributed by atoms with Crippen LogP contribution in [0.2, 0.25) is 0 Å². The lowest BCUT2D eigenvalue weighted by Crippen LogP contribution is -2.15. The third kappa shape index (κ3) is 4.05. The van der Waals surface area contributed by atoms with Crippen molar-refractivity contribution < 1.29 is 4.74 Å². The Labute approximate surface area is 107 Å². The number of anilines is 1. The standard InChI is InChI=1S/C13H20BrNO/c1-4-5-6-10(2)15-13-9-11(16-3)7-8-12(13)14/h7-10,15H,4-6H2,1-3H3. The van der Waals surface area contributed by atoms with E-state index in [9.17, 15) is 0 Å². The molecule has 0 spiro atoms. The SMILES string of the molecule is CCCCC(C)Nc1cc(OC)ccc1Br. The molecule has 0 aromatic heterocycles. The first kappa shape index (κ1) is 13.4. The van der Waals surface area contributed by atoms with Crippen molar-refractivity contribution in [2.75, 3.05) is 12.4 Å². The van der Waals surface area contributed by atoms with Crippen LogP contribution in [0.25, 0.3) is 0 Å². The van der Waals surface area contributed by atoms with Gasteiger partial charge in [-0.1, -0.05) is 19.8 Å². The minimum absolute atomic E-state index is 0.489. The molecule has 90 valence electrons. The maximum Gasteiger partial charge on any atom is 0.121 e. The lowest BCUT2D eigenvalue weighted by molar-refractivity contribution is 0.415. The van der Waals surface area contributed by atoms with Crippen molar-refractivity contribution in [3.63, 3.8) is 0 Å². The summed E-state index contributed by atoms with van der Waals surface area (Å²) < 4.78 is 6.29. The highest BCUT2D eigenvalue weighted by molar-refractivity contribution is 9.10. The number of methoxy groups -OCH3 is 1. The van der Waals surface area contributed by atoms with E-state index in [0.717, 1.165) is 15.9 Å². The molecule has 0 fully saturated rings. The first-order valence-corrected chi connectivity index (χ1v) is 6.56. The predicted molar refractivity (Wildman–Crippen MR) is 73.3 cm³/mol. The highest BCUT2D eigenvalue weighted by atomic mass is 79.9. The lowest BCUT2D eigenvalue weighted by Gasteiger charge is -2.16. The van der Waals surface area contributed by atoms with Gasteiger partial charge in [0.15, 0.2) is 0 Å². The van der Waals surface area contributed by atoms with Crippen LogP contribution in [-0.2, 0) is 0 Å². The van der Waals surface area contributed by atoms with E-state index >= 15 is 0 Å². The van der Waals surface area contributed by atoms with Crippen LogP contribution < -0.4 is 10.1 Å². The van der Waals surface area contributed by atoms with Crippen LogP contribution in [0.4, 0.5) is 5.69 Å². The number of unbranched alkanes of at least 4 members (excludes halogenated alkanes) is 1. The molecule has 16 heavy (non-hydrogen) atoms. The molecule has 0 saturated heterocycles. The largest absolute Gasteiger partial charge is 0.497 e. The summed E-state index contributed by atoms with van der Waals surface area (Å²) in [5, 5.41) is 3.49. The van der Waals surface area contributed by atoms with Gasteiger partial charge >= 0.3 is 0 Å². The Kier molecular flexibility index (Phi) is 5.67. The second-order valence-corrected chi connectivity index (χ2v) is 4.89. The van der Waals surface area contributed by atoms with Gasteiger partial charge in [0.05, 0.1) is 12.8 Å². The van der Waals surface area contributed by atoms with Gasteiger partial charge in [-0.25, -0.2) is 0 Å². The van der Waals surface area contributed by atoms with Gasteiger partial charge in [0.2, 0.25) is 0 Å². The Bertz CT molecular complexity index is 328. The lowest BCUT2D eigenvalue weighted by atomic mass is 10.1. The maximum absolute atomic E-state index is 5.21. The van der Waals surface area contributed by atoms with Crippen LogP contribution in [0.3, 0.4) is 0 Å². The zero-order chi connectivity index (χ0) is 12.0. The third-order valence-electron chi connectivity index (χ3n) is 2.57. The van der Waals surface area contributed by atoms with Crippen molar-refractivity contribution in [1.82, 2.24) is 0 Å². The fraction of sp³-hybridized carbons (Fsp3) is 0.538. The minimum Gasteiger partial charge on any atom is -0.497 e. The van der Waals surface area contributed by atoms with Gasteiger partial charge in [-0.15, -0.1) is 0 Å². The zero-order valence-corrected chi connectivity index (χ0v) is 11.8. The van der Waals surface area contributed by atoms with E-state index in [2.05, 4.69) is 35.1 Å². The van der Waals surface area contributed by atoms with Crippen molar-refractivity contribution in [2.24, 2.45) is 0 Å². The van der Waals surface area contributed by atoms with E-state index < -0.39 is 0 Å². The fourth-order valence-corrected chi connectivity index (χ4v) is 1.95. The second-order valence-electron chi connectivity index (χ2n) is 4.03. The predicted octanol–water partition coefficient (Wildman–Crippen LogP) is 4.45. The first-order chi connectivity index (χ1) is 7.67. The molecule has 1 rings (SSSR count). The van der Waals surface area contributed by atoms with Crippen LogP contribution in [0.1, 0.15) is 33.1 Å². The molecule has 1 atom stereocenters. The number of hydrogen-bond donors (Lipinski definition) is 1. The second kappa shape index (κ2) is 6.79. The van der Waals surface area contributed by atoms with Crippen LogP contribution >= 0.6 is 15.9 Å². The molecule has 1 unspecified atom stereocenters. The van der Waals surface area contributed by atoms with E-state index in [1.807, 2.05) is 18.2 Å². The summed E-state index contributed by atoms with van der Waals surface area (Å²) in [6, 6.07) is 6.47. The summed E-state index contributed by atoms with van der Waals surface area (Å²) >= 11 is 3.54. The minimum atomic E-state index is 0.489. The molecular formula is C13H20BrNO. The van der Waals surface area contributed by atoms with Gasteiger partial charge in [-0.3, -0.25) is 0 Å². The summed E-state index contributed by atoms with van der Waals surface area (Å²) in [7, 11) is 1.69. The van der Waals surface area contributed by atoms with Gasteiger partial charge in [0.25, 0.3) is 0 Å². The van der Waals surface area contributed by atoms with E-state index in [-0.39, 0.29) is 0 Å². The molecule has 3 heteroatoms. The first-order valence-electron chi connectivity index (χ1n) is 5.77. The Hall–Kier alpha value is -0.700. The summed E-state index contributed by atoms with van der Waals surface area (Å²) in [4.78, 5) is 0. The molecular weight excluding hydrogens is 266 g/mol. The molecule has 1 aromatic rings. The highest BCUT2D eigenvalue weighted by Gasteiger charge is 2.05.